The average Bonchev–Trinajstić information content (AvgIpc) is 3.35. The first kappa shape index (κ1) is 27.3. The van der Waals surface area contributed by atoms with Gasteiger partial charge >= 0.3 is 0 Å². The van der Waals surface area contributed by atoms with E-state index in [1.807, 2.05) is 94.4 Å². The molecule has 8 nitrogen and oxygen atoms in total. The molecule has 0 fully saturated rings. The fourth-order valence-electron chi connectivity index (χ4n) is 4.56. The molecule has 1 atom stereocenters. The van der Waals surface area contributed by atoms with Crippen molar-refractivity contribution in [3.63, 3.8) is 0 Å². The van der Waals surface area contributed by atoms with E-state index in [2.05, 4.69) is 22.8 Å². The summed E-state index contributed by atoms with van der Waals surface area (Å²) in [6, 6.07) is 24.9. The molecule has 0 bridgehead atoms. The van der Waals surface area contributed by atoms with Gasteiger partial charge in [-0.2, -0.15) is 4.98 Å². The number of nitrogens with one attached hydrogen (secondary N) is 2. The van der Waals surface area contributed by atoms with Crippen molar-refractivity contribution < 1.29 is 14.3 Å². The van der Waals surface area contributed by atoms with Crippen LogP contribution in [0.3, 0.4) is 0 Å². The van der Waals surface area contributed by atoms with E-state index in [0.29, 0.717) is 40.4 Å². The molecule has 1 aliphatic heterocycles. The summed E-state index contributed by atoms with van der Waals surface area (Å²) in [5, 5.41) is 11.9. The first-order valence-electron chi connectivity index (χ1n) is 13.3. The second-order valence-electron chi connectivity index (χ2n) is 9.62. The van der Waals surface area contributed by atoms with Crippen LogP contribution in [-0.4, -0.2) is 33.4 Å². The highest BCUT2D eigenvalue weighted by molar-refractivity contribution is 7.98. The van der Waals surface area contributed by atoms with Crippen molar-refractivity contribution in [2.45, 2.75) is 50.8 Å². The van der Waals surface area contributed by atoms with Crippen molar-refractivity contribution in [1.82, 2.24) is 14.8 Å². The van der Waals surface area contributed by atoms with E-state index in [0.717, 1.165) is 17.1 Å². The molecule has 3 aromatic carbocycles. The van der Waals surface area contributed by atoms with Gasteiger partial charge in [-0.05, 0) is 63.1 Å². The van der Waals surface area contributed by atoms with Crippen LogP contribution in [0, 0.1) is 0 Å². The molecule has 0 aliphatic carbocycles. The zero-order chi connectivity index (χ0) is 28.1. The van der Waals surface area contributed by atoms with E-state index in [1.165, 1.54) is 5.56 Å². The minimum absolute atomic E-state index is 0.0599. The van der Waals surface area contributed by atoms with Gasteiger partial charge in [-0.1, -0.05) is 66.4 Å². The van der Waals surface area contributed by atoms with E-state index in [9.17, 15) is 4.79 Å². The van der Waals surface area contributed by atoms with Gasteiger partial charge in [0.15, 0.2) is 0 Å². The van der Waals surface area contributed by atoms with Gasteiger partial charge in [-0.15, -0.1) is 5.10 Å². The summed E-state index contributed by atoms with van der Waals surface area (Å²) in [5.74, 6) is 2.47. The zero-order valence-corrected chi connectivity index (χ0v) is 23.9. The smallest absolute Gasteiger partial charge is 0.255 e. The minimum atomic E-state index is -0.498. The molecule has 4 aromatic rings. The van der Waals surface area contributed by atoms with Crippen molar-refractivity contribution in [1.29, 1.82) is 0 Å². The third-order valence-corrected chi connectivity index (χ3v) is 7.20. The van der Waals surface area contributed by atoms with Gasteiger partial charge in [0.2, 0.25) is 11.1 Å². The molecular formula is C31H33N5O3S. The zero-order valence-electron chi connectivity index (χ0n) is 23.0. The monoisotopic (exact) mass is 555 g/mol. The van der Waals surface area contributed by atoms with Crippen LogP contribution in [0.1, 0.15) is 44.9 Å². The lowest BCUT2D eigenvalue weighted by atomic mass is 9.95. The fourth-order valence-corrected chi connectivity index (χ4v) is 5.34. The van der Waals surface area contributed by atoms with Crippen LogP contribution in [-0.2, 0) is 10.5 Å². The quantitative estimate of drug-likeness (QED) is 0.211. The Kier molecular flexibility index (Phi) is 8.40. The van der Waals surface area contributed by atoms with Crippen molar-refractivity contribution in [2.75, 3.05) is 17.2 Å². The molecule has 0 radical (unpaired) electrons. The lowest BCUT2D eigenvalue weighted by Gasteiger charge is -2.29. The molecule has 206 valence electrons. The molecule has 1 aromatic heterocycles. The van der Waals surface area contributed by atoms with Crippen molar-refractivity contribution in [3.8, 4) is 11.5 Å². The second-order valence-corrected chi connectivity index (χ2v) is 10.6. The molecule has 0 spiro atoms. The number of benzene rings is 3. The highest BCUT2D eigenvalue weighted by Gasteiger charge is 2.34. The summed E-state index contributed by atoms with van der Waals surface area (Å²) in [6.07, 6.45) is 0.0599. The number of nitrogens with zero attached hydrogens (tertiary/aromatic N) is 3. The van der Waals surface area contributed by atoms with Crippen LogP contribution in [0.4, 0.5) is 11.6 Å². The van der Waals surface area contributed by atoms with Crippen molar-refractivity contribution in [2.24, 2.45) is 0 Å². The molecular weight excluding hydrogens is 522 g/mol. The third kappa shape index (κ3) is 6.15. The first-order valence-corrected chi connectivity index (χ1v) is 14.3. The molecule has 1 amide bonds. The topological polar surface area (TPSA) is 90.3 Å². The van der Waals surface area contributed by atoms with Crippen LogP contribution in [0.2, 0.25) is 0 Å². The van der Waals surface area contributed by atoms with E-state index < -0.39 is 6.04 Å². The number of ether oxygens (including phenoxy) is 2. The van der Waals surface area contributed by atoms with Gasteiger partial charge < -0.3 is 20.1 Å². The van der Waals surface area contributed by atoms with Gasteiger partial charge in [-0.25, -0.2) is 4.68 Å². The summed E-state index contributed by atoms with van der Waals surface area (Å²) in [7, 11) is 0. The summed E-state index contributed by atoms with van der Waals surface area (Å²) >= 11 is 1.56. The lowest BCUT2D eigenvalue weighted by molar-refractivity contribution is -0.113. The molecule has 5 rings (SSSR count). The van der Waals surface area contributed by atoms with E-state index in [1.54, 1.807) is 16.4 Å². The number of aromatic nitrogens is 3. The minimum Gasteiger partial charge on any atom is -0.492 e. The van der Waals surface area contributed by atoms with Crippen molar-refractivity contribution >= 4 is 29.3 Å². The predicted octanol–water partition coefficient (Wildman–Crippen LogP) is 6.68. The molecule has 9 heteroatoms. The largest absolute Gasteiger partial charge is 0.492 e. The molecule has 0 saturated heterocycles. The maximum Gasteiger partial charge on any atom is 0.255 e. The standard InChI is InChI=1S/C31H33N5O3S/c1-5-38-26-14-10-9-13-25(26)33-29(37)27-21(4)32-30-34-31(40-19-22-11-7-6-8-12-22)35-36(30)28(27)23-15-17-24(18-16-23)39-20(2)3/h6-18,20,28H,5,19H2,1-4H3,(H,33,37)(H,32,34,35). The van der Waals surface area contributed by atoms with Gasteiger partial charge in [0, 0.05) is 11.4 Å². The predicted molar refractivity (Wildman–Crippen MR) is 159 cm³/mol. The molecule has 2 heterocycles. The number of hydrogen-bond donors (Lipinski definition) is 2. The van der Waals surface area contributed by atoms with Gasteiger partial charge in [0.05, 0.1) is 24.0 Å². The molecule has 2 N–H and O–H groups in total. The summed E-state index contributed by atoms with van der Waals surface area (Å²) in [4.78, 5) is 18.7. The average molecular weight is 556 g/mol. The Bertz CT molecular complexity index is 1500. The lowest BCUT2D eigenvalue weighted by Crippen LogP contribution is -2.31. The van der Waals surface area contributed by atoms with E-state index in [4.69, 9.17) is 19.6 Å². The number of amides is 1. The number of allylic oxidation sites excluding steroid dienone is 1. The van der Waals surface area contributed by atoms with Crippen LogP contribution in [0.25, 0.3) is 0 Å². The summed E-state index contributed by atoms with van der Waals surface area (Å²) in [6.45, 7) is 8.28. The molecule has 1 unspecified atom stereocenters. The highest BCUT2D eigenvalue weighted by atomic mass is 32.2. The van der Waals surface area contributed by atoms with Crippen molar-refractivity contribution in [3.05, 3.63) is 101 Å². The number of hydrogen-bond acceptors (Lipinski definition) is 7. The Morgan fingerprint density at radius 3 is 2.50 bits per heavy atom. The third-order valence-electron chi connectivity index (χ3n) is 6.29. The molecule has 0 saturated carbocycles. The van der Waals surface area contributed by atoms with Gasteiger partial charge in [0.1, 0.15) is 17.5 Å². The Balaban J connectivity index is 1.49. The number of carbonyl (C=O) groups is 1. The normalized spacial score (nSPS) is 14.5. The number of thioether (sulfide) groups is 1. The Morgan fingerprint density at radius 1 is 1.05 bits per heavy atom. The summed E-state index contributed by atoms with van der Waals surface area (Å²) in [5.41, 5.74) is 3.94. The Morgan fingerprint density at radius 2 is 1.77 bits per heavy atom. The van der Waals surface area contributed by atoms with Crippen LogP contribution in [0.15, 0.2) is 95.3 Å². The Labute approximate surface area is 238 Å². The van der Waals surface area contributed by atoms with Crippen LogP contribution >= 0.6 is 11.8 Å². The summed E-state index contributed by atoms with van der Waals surface area (Å²) < 4.78 is 13.4. The maximum atomic E-state index is 13.9. The number of anilines is 2. The van der Waals surface area contributed by atoms with Crippen LogP contribution < -0.4 is 20.1 Å². The van der Waals surface area contributed by atoms with Gasteiger partial charge in [0.25, 0.3) is 5.91 Å². The SMILES string of the molecule is CCOc1ccccc1NC(=O)C1=C(C)Nc2nc(SCc3ccccc3)nn2C1c1ccc(OC(C)C)cc1. The number of para-hydroxylation sites is 2. The second kappa shape index (κ2) is 12.3. The molecule has 1 aliphatic rings. The fraction of sp³-hybridized carbons (Fsp3) is 0.258. The number of fused-ring (bicyclic) bond motifs is 1. The Hall–Kier alpha value is -4.24. The first-order chi connectivity index (χ1) is 19.4. The highest BCUT2D eigenvalue weighted by Crippen LogP contribution is 2.38. The van der Waals surface area contributed by atoms with E-state index in [-0.39, 0.29) is 12.0 Å². The van der Waals surface area contributed by atoms with E-state index >= 15 is 0 Å². The molecule has 40 heavy (non-hydrogen) atoms. The van der Waals surface area contributed by atoms with Gasteiger partial charge in [-0.3, -0.25) is 4.79 Å². The number of rotatable bonds is 10. The maximum absolute atomic E-state index is 13.9. The number of carbonyl (C=O) groups excluding carboxylic acids is 1. The van der Waals surface area contributed by atoms with Crippen LogP contribution in [0.5, 0.6) is 11.5 Å².